The van der Waals surface area contributed by atoms with Crippen molar-refractivity contribution in [2.24, 2.45) is 0 Å². The fraction of sp³-hybridized carbons (Fsp3) is 0.750. The molecule has 0 aliphatic carbocycles. The molecule has 0 fully saturated rings. The van der Waals surface area contributed by atoms with Crippen molar-refractivity contribution in [3.05, 3.63) is 12.3 Å². The van der Waals surface area contributed by atoms with Crippen molar-refractivity contribution in [2.45, 2.75) is 32.6 Å². The molecule has 0 unspecified atom stereocenters. The summed E-state index contributed by atoms with van der Waals surface area (Å²) < 4.78 is 0. The number of rotatable bonds is 5. The monoisotopic (exact) mass is 127 g/mol. The standard InChI is InChI=1S/C8H17N/c1-3-4-5-6-7-8-9-2/h7-9H,3-6H2,1-2H3/b8-7-. The highest BCUT2D eigenvalue weighted by atomic mass is 14.8. The first-order chi connectivity index (χ1) is 4.41. The van der Waals surface area contributed by atoms with Gasteiger partial charge in [-0.1, -0.05) is 25.8 Å². The molecule has 0 aliphatic rings. The van der Waals surface area contributed by atoms with Crippen LogP contribution in [-0.2, 0) is 0 Å². The summed E-state index contributed by atoms with van der Waals surface area (Å²) in [5.41, 5.74) is 0. The second-order valence-electron chi connectivity index (χ2n) is 2.19. The number of unbranched alkanes of at least 4 members (excludes halogenated alkanes) is 3. The Bertz CT molecular complexity index is 67.0. The molecular weight excluding hydrogens is 110 g/mol. The molecule has 1 nitrogen and oxygen atoms in total. The number of hydrogen-bond acceptors (Lipinski definition) is 1. The van der Waals surface area contributed by atoms with E-state index < -0.39 is 0 Å². The average molecular weight is 127 g/mol. The van der Waals surface area contributed by atoms with Crippen LogP contribution in [0.15, 0.2) is 12.3 Å². The zero-order valence-electron chi connectivity index (χ0n) is 6.48. The fourth-order valence-electron chi connectivity index (χ4n) is 0.713. The van der Waals surface area contributed by atoms with Gasteiger partial charge >= 0.3 is 0 Å². The van der Waals surface area contributed by atoms with Gasteiger partial charge in [0.2, 0.25) is 0 Å². The molecule has 54 valence electrons. The van der Waals surface area contributed by atoms with Crippen LogP contribution < -0.4 is 5.32 Å². The van der Waals surface area contributed by atoms with Crippen LogP contribution in [0.25, 0.3) is 0 Å². The molecule has 9 heavy (non-hydrogen) atoms. The van der Waals surface area contributed by atoms with Crippen molar-refractivity contribution in [2.75, 3.05) is 7.05 Å². The topological polar surface area (TPSA) is 12.0 Å². The first-order valence-corrected chi connectivity index (χ1v) is 3.74. The third kappa shape index (κ3) is 7.54. The van der Waals surface area contributed by atoms with E-state index in [9.17, 15) is 0 Å². The molecular formula is C8H17N. The lowest BCUT2D eigenvalue weighted by molar-refractivity contribution is 0.727. The van der Waals surface area contributed by atoms with E-state index in [0.717, 1.165) is 0 Å². The van der Waals surface area contributed by atoms with Gasteiger partial charge in [-0.05, 0) is 19.0 Å². The van der Waals surface area contributed by atoms with E-state index >= 15 is 0 Å². The molecule has 0 saturated carbocycles. The minimum atomic E-state index is 1.22. The van der Waals surface area contributed by atoms with Gasteiger partial charge in [-0.25, -0.2) is 0 Å². The molecule has 0 radical (unpaired) electrons. The third-order valence-electron chi connectivity index (χ3n) is 1.26. The van der Waals surface area contributed by atoms with Crippen LogP contribution in [0.5, 0.6) is 0 Å². The van der Waals surface area contributed by atoms with Gasteiger partial charge < -0.3 is 5.32 Å². The SMILES string of the molecule is CCCCC/C=C\NC. The summed E-state index contributed by atoms with van der Waals surface area (Å²) in [5.74, 6) is 0. The number of allylic oxidation sites excluding steroid dienone is 1. The van der Waals surface area contributed by atoms with E-state index in [0.29, 0.717) is 0 Å². The Kier molecular flexibility index (Phi) is 7.15. The second-order valence-corrected chi connectivity index (χ2v) is 2.19. The van der Waals surface area contributed by atoms with Gasteiger partial charge in [0.1, 0.15) is 0 Å². The summed E-state index contributed by atoms with van der Waals surface area (Å²) in [6.07, 6.45) is 9.39. The maximum absolute atomic E-state index is 2.96. The van der Waals surface area contributed by atoms with Crippen molar-refractivity contribution in [1.29, 1.82) is 0 Å². The summed E-state index contributed by atoms with van der Waals surface area (Å²) in [5, 5.41) is 2.96. The Morgan fingerprint density at radius 3 is 2.67 bits per heavy atom. The van der Waals surface area contributed by atoms with Gasteiger partial charge in [-0.2, -0.15) is 0 Å². The van der Waals surface area contributed by atoms with E-state index in [-0.39, 0.29) is 0 Å². The minimum Gasteiger partial charge on any atom is -0.394 e. The van der Waals surface area contributed by atoms with Crippen molar-refractivity contribution in [3.63, 3.8) is 0 Å². The van der Waals surface area contributed by atoms with E-state index in [1.807, 2.05) is 13.2 Å². The summed E-state index contributed by atoms with van der Waals surface area (Å²) >= 11 is 0. The van der Waals surface area contributed by atoms with E-state index in [1.165, 1.54) is 25.7 Å². The molecule has 0 aliphatic heterocycles. The Morgan fingerprint density at radius 2 is 2.11 bits per heavy atom. The predicted molar refractivity (Wildman–Crippen MR) is 42.3 cm³/mol. The lowest BCUT2D eigenvalue weighted by atomic mass is 10.2. The molecule has 0 heterocycles. The second kappa shape index (κ2) is 7.54. The summed E-state index contributed by atoms with van der Waals surface area (Å²) in [6.45, 7) is 2.22. The molecule has 1 heteroatoms. The summed E-state index contributed by atoms with van der Waals surface area (Å²) in [7, 11) is 1.93. The summed E-state index contributed by atoms with van der Waals surface area (Å²) in [4.78, 5) is 0. The predicted octanol–water partition coefficient (Wildman–Crippen LogP) is 2.30. The van der Waals surface area contributed by atoms with Crippen LogP contribution in [0, 0.1) is 0 Å². The highest BCUT2D eigenvalue weighted by Gasteiger charge is 1.79. The third-order valence-corrected chi connectivity index (χ3v) is 1.26. The zero-order chi connectivity index (χ0) is 6.95. The molecule has 0 atom stereocenters. The van der Waals surface area contributed by atoms with Crippen LogP contribution in [-0.4, -0.2) is 7.05 Å². The van der Waals surface area contributed by atoms with Gasteiger partial charge in [0.15, 0.2) is 0 Å². The van der Waals surface area contributed by atoms with Crippen LogP contribution in [0.2, 0.25) is 0 Å². The Balaban J connectivity index is 2.82. The lowest BCUT2D eigenvalue weighted by Gasteiger charge is -1.90. The fourth-order valence-corrected chi connectivity index (χ4v) is 0.713. The molecule has 0 spiro atoms. The van der Waals surface area contributed by atoms with E-state index in [1.54, 1.807) is 0 Å². The van der Waals surface area contributed by atoms with Crippen LogP contribution >= 0.6 is 0 Å². The maximum Gasteiger partial charge on any atom is 0.00276 e. The van der Waals surface area contributed by atoms with E-state index in [2.05, 4.69) is 18.3 Å². The highest BCUT2D eigenvalue weighted by molar-refractivity contribution is 4.77. The largest absolute Gasteiger partial charge is 0.394 e. The smallest absolute Gasteiger partial charge is 0.00276 e. The Labute approximate surface area is 58.2 Å². The van der Waals surface area contributed by atoms with Crippen molar-refractivity contribution in [1.82, 2.24) is 5.32 Å². The molecule has 0 bridgehead atoms. The molecule has 0 aromatic rings. The van der Waals surface area contributed by atoms with E-state index in [4.69, 9.17) is 0 Å². The first kappa shape index (κ1) is 8.54. The highest BCUT2D eigenvalue weighted by Crippen LogP contribution is 1.98. The Morgan fingerprint density at radius 1 is 1.33 bits per heavy atom. The van der Waals surface area contributed by atoms with Crippen LogP contribution in [0.1, 0.15) is 32.6 Å². The first-order valence-electron chi connectivity index (χ1n) is 3.74. The van der Waals surface area contributed by atoms with Gasteiger partial charge in [0, 0.05) is 7.05 Å². The number of hydrogen-bond donors (Lipinski definition) is 1. The van der Waals surface area contributed by atoms with Crippen molar-refractivity contribution in [3.8, 4) is 0 Å². The normalized spacial score (nSPS) is 10.4. The zero-order valence-corrected chi connectivity index (χ0v) is 6.48. The molecule has 0 amide bonds. The Hall–Kier alpha value is -0.460. The van der Waals surface area contributed by atoms with Crippen LogP contribution in [0.4, 0.5) is 0 Å². The maximum atomic E-state index is 2.96. The quantitative estimate of drug-likeness (QED) is 0.559. The molecule has 0 aromatic carbocycles. The molecule has 0 saturated heterocycles. The number of nitrogens with one attached hydrogen (secondary N) is 1. The van der Waals surface area contributed by atoms with Gasteiger partial charge in [-0.15, -0.1) is 0 Å². The average Bonchev–Trinajstić information content (AvgIpc) is 1.89. The molecule has 1 N–H and O–H groups in total. The molecule has 0 rings (SSSR count). The minimum absolute atomic E-state index is 1.22. The summed E-state index contributed by atoms with van der Waals surface area (Å²) in [6, 6.07) is 0. The van der Waals surface area contributed by atoms with Gasteiger partial charge in [-0.3, -0.25) is 0 Å². The van der Waals surface area contributed by atoms with Gasteiger partial charge in [0.25, 0.3) is 0 Å². The van der Waals surface area contributed by atoms with Gasteiger partial charge in [0.05, 0.1) is 0 Å². The van der Waals surface area contributed by atoms with Crippen molar-refractivity contribution < 1.29 is 0 Å². The lowest BCUT2D eigenvalue weighted by Crippen LogP contribution is -1.90. The molecule has 0 aromatic heterocycles. The van der Waals surface area contributed by atoms with Crippen LogP contribution in [0.3, 0.4) is 0 Å². The van der Waals surface area contributed by atoms with Crippen molar-refractivity contribution >= 4 is 0 Å².